The summed E-state index contributed by atoms with van der Waals surface area (Å²) in [6, 6.07) is 3.64. The lowest BCUT2D eigenvalue weighted by atomic mass is 10.2. The summed E-state index contributed by atoms with van der Waals surface area (Å²) >= 11 is 1.91. The number of amides is 2. The van der Waals surface area contributed by atoms with Gasteiger partial charge in [0.05, 0.1) is 12.3 Å². The number of nitrogens with zero attached hydrogens (tertiary/aromatic N) is 1. The van der Waals surface area contributed by atoms with E-state index in [4.69, 9.17) is 10.2 Å². The van der Waals surface area contributed by atoms with Gasteiger partial charge in [-0.05, 0) is 12.1 Å². The number of furan rings is 1. The minimum atomic E-state index is -0.965. The molecule has 0 bridgehead atoms. The molecule has 1 aromatic rings. The highest BCUT2D eigenvalue weighted by molar-refractivity contribution is 7.99. The van der Waals surface area contributed by atoms with Crippen LogP contribution in [0.3, 0.4) is 0 Å². The van der Waals surface area contributed by atoms with Crippen molar-refractivity contribution in [1.29, 1.82) is 0 Å². The number of nitrogens with two attached hydrogens (primary N) is 1. The number of rotatable bonds is 4. The SMILES string of the molecule is NC(=O)C(=O)NC[C@@H](c1ccco1)N1CCSCC1. The fraction of sp³-hybridized carbons (Fsp3) is 0.500. The van der Waals surface area contributed by atoms with Crippen molar-refractivity contribution in [3.05, 3.63) is 24.2 Å². The second-order valence-electron chi connectivity index (χ2n) is 4.25. The Balaban J connectivity index is 2.02. The average molecular weight is 283 g/mol. The largest absolute Gasteiger partial charge is 0.468 e. The maximum atomic E-state index is 11.3. The summed E-state index contributed by atoms with van der Waals surface area (Å²) in [5.41, 5.74) is 4.93. The Kier molecular flexibility index (Phi) is 4.86. The molecular formula is C12H17N3O3S. The van der Waals surface area contributed by atoms with Gasteiger partial charge in [0.25, 0.3) is 0 Å². The third kappa shape index (κ3) is 3.74. The van der Waals surface area contributed by atoms with Gasteiger partial charge in [-0.15, -0.1) is 0 Å². The summed E-state index contributed by atoms with van der Waals surface area (Å²) in [5.74, 6) is 1.18. The number of hydrogen-bond acceptors (Lipinski definition) is 5. The zero-order chi connectivity index (χ0) is 13.7. The lowest BCUT2D eigenvalue weighted by molar-refractivity contribution is -0.137. The van der Waals surface area contributed by atoms with Gasteiger partial charge in [0.1, 0.15) is 5.76 Å². The van der Waals surface area contributed by atoms with E-state index in [1.54, 1.807) is 6.26 Å². The number of primary amides is 1. The van der Waals surface area contributed by atoms with Crippen molar-refractivity contribution < 1.29 is 14.0 Å². The summed E-state index contributed by atoms with van der Waals surface area (Å²) < 4.78 is 5.43. The first-order valence-electron chi connectivity index (χ1n) is 6.11. The van der Waals surface area contributed by atoms with Crippen LogP contribution in [0, 0.1) is 0 Å². The van der Waals surface area contributed by atoms with Crippen LogP contribution in [0.15, 0.2) is 22.8 Å². The summed E-state index contributed by atoms with van der Waals surface area (Å²) in [6.45, 7) is 2.19. The molecule has 0 saturated carbocycles. The van der Waals surface area contributed by atoms with Crippen LogP contribution in [0.1, 0.15) is 11.8 Å². The van der Waals surface area contributed by atoms with E-state index in [9.17, 15) is 9.59 Å². The van der Waals surface area contributed by atoms with E-state index in [1.807, 2.05) is 23.9 Å². The van der Waals surface area contributed by atoms with Crippen LogP contribution in [0.5, 0.6) is 0 Å². The summed E-state index contributed by atoms with van der Waals surface area (Å²) in [7, 11) is 0. The monoisotopic (exact) mass is 283 g/mol. The summed E-state index contributed by atoms with van der Waals surface area (Å²) in [4.78, 5) is 24.3. The molecule has 0 radical (unpaired) electrons. The maximum Gasteiger partial charge on any atom is 0.309 e. The highest BCUT2D eigenvalue weighted by Crippen LogP contribution is 2.23. The highest BCUT2D eigenvalue weighted by atomic mass is 32.2. The first-order chi connectivity index (χ1) is 9.18. The summed E-state index contributed by atoms with van der Waals surface area (Å²) in [6.07, 6.45) is 1.61. The van der Waals surface area contributed by atoms with Gasteiger partial charge >= 0.3 is 11.8 Å². The molecule has 3 N–H and O–H groups in total. The first-order valence-corrected chi connectivity index (χ1v) is 7.27. The molecule has 1 aliphatic rings. The molecule has 2 heterocycles. The van der Waals surface area contributed by atoms with E-state index >= 15 is 0 Å². The average Bonchev–Trinajstić information content (AvgIpc) is 2.94. The van der Waals surface area contributed by atoms with Crippen molar-refractivity contribution in [2.75, 3.05) is 31.1 Å². The molecule has 0 unspecified atom stereocenters. The molecule has 1 fully saturated rings. The Bertz CT molecular complexity index is 429. The Labute approximate surface area is 115 Å². The van der Waals surface area contributed by atoms with E-state index in [0.29, 0.717) is 6.54 Å². The summed E-state index contributed by atoms with van der Waals surface area (Å²) in [5, 5.41) is 2.55. The van der Waals surface area contributed by atoms with Crippen molar-refractivity contribution in [3.63, 3.8) is 0 Å². The molecule has 104 valence electrons. The van der Waals surface area contributed by atoms with Gasteiger partial charge in [0.2, 0.25) is 0 Å². The fourth-order valence-corrected chi connectivity index (χ4v) is 2.99. The molecule has 1 atom stereocenters. The quantitative estimate of drug-likeness (QED) is 0.758. The molecular weight excluding hydrogens is 266 g/mol. The van der Waals surface area contributed by atoms with Gasteiger partial charge in [0.15, 0.2) is 0 Å². The molecule has 0 aromatic carbocycles. The van der Waals surface area contributed by atoms with Crippen LogP contribution in [0.2, 0.25) is 0 Å². The predicted molar refractivity (Wildman–Crippen MR) is 72.6 cm³/mol. The molecule has 2 rings (SSSR count). The van der Waals surface area contributed by atoms with Gasteiger partial charge in [-0.25, -0.2) is 0 Å². The maximum absolute atomic E-state index is 11.3. The van der Waals surface area contributed by atoms with Gasteiger partial charge in [-0.3, -0.25) is 14.5 Å². The molecule has 6 nitrogen and oxygen atoms in total. The second-order valence-corrected chi connectivity index (χ2v) is 5.48. The minimum absolute atomic E-state index is 0.0563. The number of carbonyl (C=O) groups excluding carboxylic acids is 2. The van der Waals surface area contributed by atoms with E-state index < -0.39 is 11.8 Å². The number of nitrogens with one attached hydrogen (secondary N) is 1. The molecule has 1 aliphatic heterocycles. The first kappa shape index (κ1) is 14.0. The Morgan fingerprint density at radius 1 is 1.47 bits per heavy atom. The van der Waals surface area contributed by atoms with Gasteiger partial charge in [-0.1, -0.05) is 0 Å². The van der Waals surface area contributed by atoms with E-state index in [-0.39, 0.29) is 6.04 Å². The Morgan fingerprint density at radius 3 is 2.79 bits per heavy atom. The molecule has 19 heavy (non-hydrogen) atoms. The van der Waals surface area contributed by atoms with Crippen molar-refractivity contribution in [2.24, 2.45) is 5.73 Å². The van der Waals surface area contributed by atoms with Gasteiger partial charge in [0, 0.05) is 31.1 Å². The van der Waals surface area contributed by atoms with Crippen LogP contribution in [0.25, 0.3) is 0 Å². The molecule has 2 amide bonds. The van der Waals surface area contributed by atoms with Crippen molar-refractivity contribution in [1.82, 2.24) is 10.2 Å². The Morgan fingerprint density at radius 2 is 2.21 bits per heavy atom. The highest BCUT2D eigenvalue weighted by Gasteiger charge is 2.25. The molecule has 7 heteroatoms. The number of carbonyl (C=O) groups is 2. The standard InChI is InChI=1S/C12H17N3O3S/c13-11(16)12(17)14-8-9(10-2-1-5-18-10)15-3-6-19-7-4-15/h1-2,5,9H,3-4,6-8H2,(H2,13,16)(H,14,17)/t9-/m0/s1. The normalized spacial score (nSPS) is 17.9. The zero-order valence-corrected chi connectivity index (χ0v) is 11.3. The van der Waals surface area contributed by atoms with Gasteiger partial charge < -0.3 is 15.5 Å². The van der Waals surface area contributed by atoms with E-state index in [0.717, 1.165) is 30.4 Å². The van der Waals surface area contributed by atoms with E-state index in [1.165, 1.54) is 0 Å². The third-order valence-electron chi connectivity index (χ3n) is 3.04. The number of hydrogen-bond donors (Lipinski definition) is 2. The molecule has 0 aliphatic carbocycles. The molecule has 0 spiro atoms. The fourth-order valence-electron chi connectivity index (χ4n) is 2.06. The second kappa shape index (κ2) is 6.63. The minimum Gasteiger partial charge on any atom is -0.468 e. The lowest BCUT2D eigenvalue weighted by Crippen LogP contribution is -2.44. The molecule has 1 saturated heterocycles. The van der Waals surface area contributed by atoms with E-state index in [2.05, 4.69) is 10.2 Å². The topological polar surface area (TPSA) is 88.6 Å². The smallest absolute Gasteiger partial charge is 0.309 e. The zero-order valence-electron chi connectivity index (χ0n) is 10.5. The van der Waals surface area contributed by atoms with Crippen LogP contribution in [0.4, 0.5) is 0 Å². The molecule has 1 aromatic heterocycles. The van der Waals surface area contributed by atoms with Crippen LogP contribution < -0.4 is 11.1 Å². The number of thioether (sulfide) groups is 1. The van der Waals surface area contributed by atoms with Crippen LogP contribution >= 0.6 is 11.8 Å². The predicted octanol–water partition coefficient (Wildman–Crippen LogP) is -0.0290. The van der Waals surface area contributed by atoms with Crippen molar-refractivity contribution in [2.45, 2.75) is 6.04 Å². The van der Waals surface area contributed by atoms with Gasteiger partial charge in [-0.2, -0.15) is 11.8 Å². The van der Waals surface area contributed by atoms with Crippen LogP contribution in [-0.4, -0.2) is 47.9 Å². The third-order valence-corrected chi connectivity index (χ3v) is 3.98. The van der Waals surface area contributed by atoms with Crippen molar-refractivity contribution >= 4 is 23.6 Å². The lowest BCUT2D eigenvalue weighted by Gasteiger charge is -2.33. The van der Waals surface area contributed by atoms with Crippen LogP contribution in [-0.2, 0) is 9.59 Å². The van der Waals surface area contributed by atoms with Crippen molar-refractivity contribution in [3.8, 4) is 0 Å². The Hall–Kier alpha value is -1.47.